The molecule has 3 rings (SSSR count). The van der Waals surface area contributed by atoms with Gasteiger partial charge in [0, 0.05) is 24.7 Å². The number of methoxy groups -OCH3 is 1. The minimum Gasteiger partial charge on any atom is -0.497 e. The number of ether oxygens (including phenoxy) is 1. The van der Waals surface area contributed by atoms with Crippen LogP contribution in [0.15, 0.2) is 30.6 Å². The fourth-order valence-electron chi connectivity index (χ4n) is 2.89. The quantitative estimate of drug-likeness (QED) is 0.778. The molecule has 1 aromatic carbocycles. The van der Waals surface area contributed by atoms with Crippen LogP contribution in [0, 0.1) is 5.92 Å². The molecule has 0 aliphatic carbocycles. The van der Waals surface area contributed by atoms with Crippen LogP contribution in [-0.2, 0) is 29.6 Å². The van der Waals surface area contributed by atoms with Crippen LogP contribution < -0.4 is 4.74 Å². The van der Waals surface area contributed by atoms with Crippen LogP contribution in [0.4, 0.5) is 0 Å². The Morgan fingerprint density at radius 3 is 2.79 bits per heavy atom. The third-order valence-corrected chi connectivity index (χ3v) is 4.52. The molecule has 2 heterocycles. The summed E-state index contributed by atoms with van der Waals surface area (Å²) in [5, 5.41) is 4.57. The van der Waals surface area contributed by atoms with E-state index in [1.165, 1.54) is 4.90 Å². The van der Waals surface area contributed by atoms with Crippen molar-refractivity contribution in [3.8, 4) is 5.75 Å². The predicted molar refractivity (Wildman–Crippen MR) is 88.6 cm³/mol. The normalized spacial score (nSPS) is 17.6. The number of halogens is 1. The van der Waals surface area contributed by atoms with E-state index in [1.54, 1.807) is 36.2 Å². The van der Waals surface area contributed by atoms with Gasteiger partial charge in [-0.25, -0.2) is 0 Å². The van der Waals surface area contributed by atoms with E-state index < -0.39 is 0 Å². The number of nitrogens with zero attached hydrogens (tertiary/aromatic N) is 3. The molecule has 2 aromatic rings. The minimum absolute atomic E-state index is 0.157. The summed E-state index contributed by atoms with van der Waals surface area (Å²) in [5.74, 6) is -0.0208. The number of hydrogen-bond acceptors (Lipinski definition) is 4. The number of likely N-dealkylation sites (tertiary alicyclic amines) is 1. The highest BCUT2D eigenvalue weighted by atomic mass is 35.5. The van der Waals surface area contributed by atoms with Crippen molar-refractivity contribution in [2.24, 2.45) is 13.0 Å². The van der Waals surface area contributed by atoms with Gasteiger partial charge in [-0.1, -0.05) is 17.7 Å². The molecule has 0 unspecified atom stereocenters. The monoisotopic (exact) mass is 347 g/mol. The molecule has 0 radical (unpaired) electrons. The zero-order valence-electron chi connectivity index (χ0n) is 13.5. The summed E-state index contributed by atoms with van der Waals surface area (Å²) >= 11 is 6.21. The lowest BCUT2D eigenvalue weighted by Crippen LogP contribution is -2.30. The lowest BCUT2D eigenvalue weighted by atomic mass is 10.0. The number of benzene rings is 1. The Morgan fingerprint density at radius 2 is 2.17 bits per heavy atom. The van der Waals surface area contributed by atoms with Crippen LogP contribution in [0.25, 0.3) is 0 Å². The second-order valence-electron chi connectivity index (χ2n) is 5.90. The summed E-state index contributed by atoms with van der Waals surface area (Å²) in [6.07, 6.45) is 4.33. The van der Waals surface area contributed by atoms with Crippen LogP contribution in [0.2, 0.25) is 5.02 Å². The van der Waals surface area contributed by atoms with Gasteiger partial charge in [0.2, 0.25) is 11.8 Å². The number of carbonyl (C=O) groups is 2. The van der Waals surface area contributed by atoms with Crippen molar-refractivity contribution in [2.75, 3.05) is 7.11 Å². The second kappa shape index (κ2) is 6.65. The summed E-state index contributed by atoms with van der Waals surface area (Å²) in [6.45, 7) is 0.185. The zero-order chi connectivity index (χ0) is 17.3. The maximum atomic E-state index is 12.6. The Labute approximate surface area is 145 Å². The Bertz CT molecular complexity index is 787. The first-order valence-corrected chi connectivity index (χ1v) is 8.00. The van der Waals surface area contributed by atoms with Gasteiger partial charge < -0.3 is 4.74 Å². The highest BCUT2D eigenvalue weighted by molar-refractivity contribution is 6.31. The molecule has 0 saturated carbocycles. The molecule has 1 saturated heterocycles. The van der Waals surface area contributed by atoms with Crippen molar-refractivity contribution in [1.29, 1.82) is 0 Å². The van der Waals surface area contributed by atoms with E-state index in [1.807, 2.05) is 13.2 Å². The molecule has 6 nitrogen and oxygen atoms in total. The third-order valence-electron chi connectivity index (χ3n) is 4.17. The molecule has 0 N–H and O–H groups in total. The molecular weight excluding hydrogens is 330 g/mol. The smallest absolute Gasteiger partial charge is 0.233 e. The van der Waals surface area contributed by atoms with Crippen molar-refractivity contribution >= 4 is 23.4 Å². The van der Waals surface area contributed by atoms with E-state index in [0.29, 0.717) is 17.2 Å². The lowest BCUT2D eigenvalue weighted by molar-refractivity contribution is -0.140. The molecule has 24 heavy (non-hydrogen) atoms. The van der Waals surface area contributed by atoms with Crippen LogP contribution in [0.1, 0.15) is 17.5 Å². The Balaban J connectivity index is 1.72. The SMILES string of the molecule is COc1ccc(CN2C(=O)C[C@H](Cc3cnn(C)c3)C2=O)c(Cl)c1. The van der Waals surface area contributed by atoms with Gasteiger partial charge in [-0.2, -0.15) is 5.10 Å². The van der Waals surface area contributed by atoms with Crippen LogP contribution in [-0.4, -0.2) is 33.6 Å². The van der Waals surface area contributed by atoms with Gasteiger partial charge in [-0.3, -0.25) is 19.2 Å². The first-order valence-electron chi connectivity index (χ1n) is 7.62. The van der Waals surface area contributed by atoms with E-state index in [2.05, 4.69) is 5.10 Å². The fourth-order valence-corrected chi connectivity index (χ4v) is 3.12. The Kier molecular flexibility index (Phi) is 4.57. The standard InChI is InChI=1S/C17H18ClN3O3/c1-20-9-11(8-19-20)5-13-6-16(22)21(17(13)23)10-12-3-4-14(24-2)7-15(12)18/h3-4,7-9,13H,5-6,10H2,1-2H3/t13-/m0/s1. The van der Waals surface area contributed by atoms with Crippen LogP contribution in [0.3, 0.4) is 0 Å². The zero-order valence-corrected chi connectivity index (χ0v) is 14.3. The molecule has 1 atom stereocenters. The molecule has 0 bridgehead atoms. The predicted octanol–water partition coefficient (Wildman–Crippen LogP) is 2.20. The highest BCUT2D eigenvalue weighted by Gasteiger charge is 2.38. The van der Waals surface area contributed by atoms with Gasteiger partial charge in [0.15, 0.2) is 0 Å². The van der Waals surface area contributed by atoms with Crippen molar-refractivity contribution in [2.45, 2.75) is 19.4 Å². The Hall–Kier alpha value is -2.34. The molecule has 1 fully saturated rings. The lowest BCUT2D eigenvalue weighted by Gasteiger charge is -2.16. The molecule has 2 amide bonds. The number of aromatic nitrogens is 2. The van der Waals surface area contributed by atoms with E-state index in [-0.39, 0.29) is 30.7 Å². The fraction of sp³-hybridized carbons (Fsp3) is 0.353. The maximum Gasteiger partial charge on any atom is 0.233 e. The average molecular weight is 348 g/mol. The van der Waals surface area contributed by atoms with Crippen LogP contribution >= 0.6 is 11.6 Å². The third kappa shape index (κ3) is 3.28. The molecular formula is C17H18ClN3O3. The Morgan fingerprint density at radius 1 is 1.38 bits per heavy atom. The molecule has 1 aromatic heterocycles. The summed E-state index contributed by atoms with van der Waals surface area (Å²) in [7, 11) is 3.38. The number of hydrogen-bond donors (Lipinski definition) is 0. The number of amides is 2. The molecule has 1 aliphatic rings. The van der Waals surface area contributed by atoms with E-state index in [9.17, 15) is 9.59 Å². The number of aryl methyl sites for hydroxylation is 1. The summed E-state index contributed by atoms with van der Waals surface area (Å²) in [5.41, 5.74) is 1.68. The molecule has 1 aliphatic heterocycles. The second-order valence-corrected chi connectivity index (χ2v) is 6.31. The number of imide groups is 1. The van der Waals surface area contributed by atoms with Crippen molar-refractivity contribution in [3.63, 3.8) is 0 Å². The summed E-state index contributed by atoms with van der Waals surface area (Å²) in [4.78, 5) is 26.1. The van der Waals surface area contributed by atoms with Gasteiger partial charge in [0.25, 0.3) is 0 Å². The van der Waals surface area contributed by atoms with Gasteiger partial charge in [0.05, 0.1) is 25.8 Å². The van der Waals surface area contributed by atoms with E-state index in [4.69, 9.17) is 16.3 Å². The van der Waals surface area contributed by atoms with Crippen LogP contribution in [0.5, 0.6) is 5.75 Å². The molecule has 7 heteroatoms. The summed E-state index contributed by atoms with van der Waals surface area (Å²) in [6, 6.07) is 5.21. The first kappa shape index (κ1) is 16.5. The number of rotatable bonds is 5. The molecule has 0 spiro atoms. The molecule has 126 valence electrons. The number of carbonyl (C=O) groups excluding carboxylic acids is 2. The minimum atomic E-state index is -0.335. The van der Waals surface area contributed by atoms with Crippen molar-refractivity contribution in [1.82, 2.24) is 14.7 Å². The van der Waals surface area contributed by atoms with Gasteiger partial charge in [-0.05, 0) is 29.7 Å². The van der Waals surface area contributed by atoms with Crippen molar-refractivity contribution < 1.29 is 14.3 Å². The average Bonchev–Trinajstić information content (AvgIpc) is 3.07. The van der Waals surface area contributed by atoms with Gasteiger partial charge in [0.1, 0.15) is 5.75 Å². The maximum absolute atomic E-state index is 12.6. The van der Waals surface area contributed by atoms with E-state index >= 15 is 0 Å². The largest absolute Gasteiger partial charge is 0.497 e. The van der Waals surface area contributed by atoms with Crippen molar-refractivity contribution in [3.05, 3.63) is 46.7 Å². The highest BCUT2D eigenvalue weighted by Crippen LogP contribution is 2.28. The topological polar surface area (TPSA) is 64.4 Å². The van der Waals surface area contributed by atoms with E-state index in [0.717, 1.165) is 11.1 Å². The van der Waals surface area contributed by atoms with Gasteiger partial charge >= 0.3 is 0 Å². The van der Waals surface area contributed by atoms with Gasteiger partial charge in [-0.15, -0.1) is 0 Å². The summed E-state index contributed by atoms with van der Waals surface area (Å²) < 4.78 is 6.79. The first-order chi connectivity index (χ1) is 11.5.